The Morgan fingerprint density at radius 2 is 1.76 bits per heavy atom. The molecule has 0 atom stereocenters. The number of cyclic esters (lactones) is 1. The third-order valence-corrected chi connectivity index (χ3v) is 5.47. The molecule has 0 radical (unpaired) electrons. The number of carbonyl (C=O) groups is 1. The molecule has 0 bridgehead atoms. The molecule has 8 heteroatoms. The van der Waals surface area contributed by atoms with E-state index in [1.54, 1.807) is 35.6 Å². The number of aromatic nitrogens is 1. The summed E-state index contributed by atoms with van der Waals surface area (Å²) in [6.45, 7) is 7.19. The van der Waals surface area contributed by atoms with Crippen molar-refractivity contribution in [3.63, 3.8) is 0 Å². The normalized spacial score (nSPS) is 14.2. The molecule has 170 valence electrons. The molecular formula is C25H24N2O5S. The summed E-state index contributed by atoms with van der Waals surface area (Å²) in [5, 5.41) is 3.00. The number of hydrogen-bond donors (Lipinski definition) is 0. The van der Waals surface area contributed by atoms with Gasteiger partial charge in [-0.05, 0) is 62.7 Å². The first-order valence-corrected chi connectivity index (χ1v) is 11.5. The summed E-state index contributed by atoms with van der Waals surface area (Å²) in [4.78, 5) is 21.1. The van der Waals surface area contributed by atoms with Crippen LogP contribution in [0.15, 0.2) is 58.5 Å². The zero-order valence-electron chi connectivity index (χ0n) is 18.7. The second-order valence-corrected chi connectivity index (χ2v) is 8.14. The molecule has 1 aliphatic rings. The lowest BCUT2D eigenvalue weighted by molar-refractivity contribution is -0.129. The van der Waals surface area contributed by atoms with Crippen LogP contribution in [0, 0.1) is 6.92 Å². The fourth-order valence-electron chi connectivity index (χ4n) is 3.17. The Bertz CT molecular complexity index is 1200. The van der Waals surface area contributed by atoms with Gasteiger partial charge >= 0.3 is 5.97 Å². The van der Waals surface area contributed by atoms with Crippen molar-refractivity contribution in [2.45, 2.75) is 27.4 Å². The first-order valence-electron chi connectivity index (χ1n) is 10.6. The molecule has 2 heterocycles. The summed E-state index contributed by atoms with van der Waals surface area (Å²) in [5.74, 6) is 1.66. The number of aryl methyl sites for hydroxylation is 1. The minimum absolute atomic E-state index is 0.225. The Kier molecular flexibility index (Phi) is 7.04. The average molecular weight is 465 g/mol. The van der Waals surface area contributed by atoms with Crippen LogP contribution in [0.4, 0.5) is 0 Å². The van der Waals surface area contributed by atoms with E-state index in [4.69, 9.17) is 18.9 Å². The van der Waals surface area contributed by atoms with Crippen molar-refractivity contribution in [1.29, 1.82) is 0 Å². The Labute approximate surface area is 196 Å². The van der Waals surface area contributed by atoms with Crippen molar-refractivity contribution in [3.05, 3.63) is 75.4 Å². The standard InChI is InChI=1S/C25H24N2O5S/c1-4-29-22-11-8-18(13-23(22)30-5-2)24-27-21(25(28)32-24)12-17-6-9-20(10-7-17)31-14-19-15-33-16(3)26-19/h6-13,15H,4-5,14H2,1-3H3/b21-12-. The molecule has 4 rings (SSSR count). The molecule has 1 aromatic heterocycles. The quantitative estimate of drug-likeness (QED) is 0.321. The summed E-state index contributed by atoms with van der Waals surface area (Å²) in [7, 11) is 0. The van der Waals surface area contributed by atoms with Gasteiger partial charge in [0.05, 0.1) is 23.9 Å². The first-order chi connectivity index (χ1) is 16.1. The van der Waals surface area contributed by atoms with Crippen LogP contribution in [-0.2, 0) is 16.1 Å². The SMILES string of the molecule is CCOc1ccc(C2=N/C(=C\c3ccc(OCc4csc(C)n4)cc3)C(=O)O2)cc1OCC. The van der Waals surface area contributed by atoms with Gasteiger partial charge in [-0.3, -0.25) is 0 Å². The summed E-state index contributed by atoms with van der Waals surface area (Å²) in [6, 6.07) is 12.7. The molecule has 0 aliphatic carbocycles. The number of aliphatic imine (C=N–C) groups is 1. The van der Waals surface area contributed by atoms with E-state index in [9.17, 15) is 4.79 Å². The van der Waals surface area contributed by atoms with Crippen molar-refractivity contribution in [1.82, 2.24) is 4.98 Å². The maximum Gasteiger partial charge on any atom is 0.363 e. The maximum atomic E-state index is 12.4. The van der Waals surface area contributed by atoms with Gasteiger partial charge in [-0.2, -0.15) is 0 Å². The number of esters is 1. The Hall–Kier alpha value is -3.65. The number of carbonyl (C=O) groups excluding carboxylic acids is 1. The van der Waals surface area contributed by atoms with Crippen LogP contribution in [0.1, 0.15) is 35.7 Å². The molecule has 0 saturated heterocycles. The van der Waals surface area contributed by atoms with Crippen LogP contribution in [0.2, 0.25) is 0 Å². The van der Waals surface area contributed by atoms with Gasteiger partial charge in [0.1, 0.15) is 12.4 Å². The minimum atomic E-state index is -0.504. The third kappa shape index (κ3) is 5.59. The van der Waals surface area contributed by atoms with Gasteiger partial charge in [0.25, 0.3) is 0 Å². The summed E-state index contributed by atoms with van der Waals surface area (Å²) < 4.78 is 22.4. The predicted octanol–water partition coefficient (Wildman–Crippen LogP) is 5.17. The van der Waals surface area contributed by atoms with Crippen molar-refractivity contribution in [2.75, 3.05) is 13.2 Å². The molecule has 33 heavy (non-hydrogen) atoms. The Balaban J connectivity index is 1.48. The number of hydrogen-bond acceptors (Lipinski definition) is 8. The van der Waals surface area contributed by atoms with E-state index >= 15 is 0 Å². The molecule has 1 aliphatic heterocycles. The molecule has 0 spiro atoms. The van der Waals surface area contributed by atoms with Gasteiger partial charge in [0, 0.05) is 10.9 Å². The topological polar surface area (TPSA) is 79.2 Å². The zero-order chi connectivity index (χ0) is 23.2. The first kappa shape index (κ1) is 22.5. The monoisotopic (exact) mass is 464 g/mol. The highest BCUT2D eigenvalue weighted by Gasteiger charge is 2.25. The highest BCUT2D eigenvalue weighted by atomic mass is 32.1. The Morgan fingerprint density at radius 1 is 1.00 bits per heavy atom. The summed E-state index contributed by atoms with van der Waals surface area (Å²) in [6.07, 6.45) is 1.68. The second kappa shape index (κ2) is 10.3. The fourth-order valence-corrected chi connectivity index (χ4v) is 3.76. The summed E-state index contributed by atoms with van der Waals surface area (Å²) in [5.41, 5.74) is 2.58. The lowest BCUT2D eigenvalue weighted by Crippen LogP contribution is -2.06. The van der Waals surface area contributed by atoms with E-state index in [1.807, 2.05) is 50.4 Å². The number of nitrogens with zero attached hydrogens (tertiary/aromatic N) is 2. The van der Waals surface area contributed by atoms with Gasteiger partial charge in [-0.25, -0.2) is 14.8 Å². The van der Waals surface area contributed by atoms with Crippen LogP contribution in [0.5, 0.6) is 17.2 Å². The lowest BCUT2D eigenvalue weighted by atomic mass is 10.2. The highest BCUT2D eigenvalue weighted by molar-refractivity contribution is 7.09. The fraction of sp³-hybridized carbons (Fsp3) is 0.240. The largest absolute Gasteiger partial charge is 0.490 e. The van der Waals surface area contributed by atoms with E-state index in [-0.39, 0.29) is 11.6 Å². The molecule has 7 nitrogen and oxygen atoms in total. The van der Waals surface area contributed by atoms with Crippen molar-refractivity contribution >= 4 is 29.3 Å². The van der Waals surface area contributed by atoms with E-state index in [2.05, 4.69) is 9.98 Å². The van der Waals surface area contributed by atoms with Crippen molar-refractivity contribution in [3.8, 4) is 17.2 Å². The maximum absolute atomic E-state index is 12.4. The third-order valence-electron chi connectivity index (χ3n) is 4.65. The molecule has 0 amide bonds. The molecule has 0 saturated carbocycles. The van der Waals surface area contributed by atoms with Crippen LogP contribution >= 0.6 is 11.3 Å². The van der Waals surface area contributed by atoms with E-state index in [0.29, 0.717) is 36.9 Å². The number of rotatable bonds is 9. The van der Waals surface area contributed by atoms with Crippen LogP contribution in [-0.4, -0.2) is 30.1 Å². The minimum Gasteiger partial charge on any atom is -0.490 e. The smallest absolute Gasteiger partial charge is 0.363 e. The zero-order valence-corrected chi connectivity index (χ0v) is 19.5. The van der Waals surface area contributed by atoms with Crippen LogP contribution in [0.25, 0.3) is 6.08 Å². The van der Waals surface area contributed by atoms with Crippen LogP contribution in [0.3, 0.4) is 0 Å². The second-order valence-electron chi connectivity index (χ2n) is 7.08. The lowest BCUT2D eigenvalue weighted by Gasteiger charge is -2.11. The predicted molar refractivity (Wildman–Crippen MR) is 127 cm³/mol. The molecule has 0 unspecified atom stereocenters. The molecule has 3 aromatic rings. The molecule has 0 N–H and O–H groups in total. The van der Waals surface area contributed by atoms with E-state index in [1.165, 1.54) is 0 Å². The van der Waals surface area contributed by atoms with E-state index < -0.39 is 5.97 Å². The molecular weight excluding hydrogens is 440 g/mol. The molecule has 2 aromatic carbocycles. The van der Waals surface area contributed by atoms with Gasteiger partial charge < -0.3 is 18.9 Å². The average Bonchev–Trinajstić information content (AvgIpc) is 3.40. The van der Waals surface area contributed by atoms with Crippen molar-refractivity contribution < 1.29 is 23.7 Å². The van der Waals surface area contributed by atoms with Gasteiger partial charge in [0.15, 0.2) is 17.2 Å². The van der Waals surface area contributed by atoms with Crippen molar-refractivity contribution in [2.24, 2.45) is 4.99 Å². The van der Waals surface area contributed by atoms with E-state index in [0.717, 1.165) is 22.0 Å². The summed E-state index contributed by atoms with van der Waals surface area (Å²) >= 11 is 1.60. The van der Waals surface area contributed by atoms with Gasteiger partial charge in [-0.15, -0.1) is 11.3 Å². The molecule has 0 fully saturated rings. The van der Waals surface area contributed by atoms with Crippen LogP contribution < -0.4 is 14.2 Å². The Morgan fingerprint density at radius 3 is 2.45 bits per heavy atom. The highest BCUT2D eigenvalue weighted by Crippen LogP contribution is 2.30. The van der Waals surface area contributed by atoms with Gasteiger partial charge in [-0.1, -0.05) is 12.1 Å². The van der Waals surface area contributed by atoms with Gasteiger partial charge in [0.2, 0.25) is 5.90 Å². The number of benzene rings is 2. The number of ether oxygens (including phenoxy) is 4. The number of thiazole rings is 1.